The van der Waals surface area contributed by atoms with Crippen LogP contribution in [0.2, 0.25) is 10.0 Å². The van der Waals surface area contributed by atoms with Gasteiger partial charge in [-0.1, -0.05) is 29.3 Å². The van der Waals surface area contributed by atoms with Crippen molar-refractivity contribution in [2.24, 2.45) is 5.84 Å². The molecular formula is C11H16Cl2N2O. The van der Waals surface area contributed by atoms with Gasteiger partial charge in [-0.15, -0.1) is 0 Å². The average Bonchev–Trinajstić information content (AvgIpc) is 2.23. The van der Waals surface area contributed by atoms with Crippen LogP contribution in [0.15, 0.2) is 18.2 Å². The minimum absolute atomic E-state index is 0.0860. The van der Waals surface area contributed by atoms with Gasteiger partial charge in [0.05, 0.1) is 28.8 Å². The second kappa shape index (κ2) is 6.42. The molecule has 90 valence electrons. The van der Waals surface area contributed by atoms with Crippen LogP contribution in [0.4, 0.5) is 0 Å². The zero-order valence-electron chi connectivity index (χ0n) is 9.34. The minimum Gasteiger partial charge on any atom is -0.377 e. The van der Waals surface area contributed by atoms with Crippen LogP contribution in [-0.4, -0.2) is 12.7 Å². The number of rotatable bonds is 5. The van der Waals surface area contributed by atoms with E-state index in [0.717, 1.165) is 5.56 Å². The molecule has 0 radical (unpaired) electrons. The number of hydrazine groups is 1. The zero-order valence-corrected chi connectivity index (χ0v) is 10.8. The summed E-state index contributed by atoms with van der Waals surface area (Å²) in [5, 5.41) is 1.05. The maximum Gasteiger partial charge on any atom is 0.0694 e. The number of hydrogen-bond donors (Lipinski definition) is 2. The van der Waals surface area contributed by atoms with Crippen LogP contribution in [0, 0.1) is 0 Å². The summed E-state index contributed by atoms with van der Waals surface area (Å²) in [5.41, 5.74) is 3.65. The van der Waals surface area contributed by atoms with E-state index in [1.807, 2.05) is 19.9 Å². The van der Waals surface area contributed by atoms with Gasteiger partial charge < -0.3 is 4.74 Å². The fourth-order valence-electron chi connectivity index (χ4n) is 1.26. The first-order valence-electron chi connectivity index (χ1n) is 5.07. The normalized spacial score (nSPS) is 13.1. The first-order valence-corrected chi connectivity index (χ1v) is 5.83. The van der Waals surface area contributed by atoms with Crippen LogP contribution < -0.4 is 11.3 Å². The van der Waals surface area contributed by atoms with Crippen molar-refractivity contribution in [1.82, 2.24) is 5.43 Å². The molecule has 3 nitrogen and oxygen atoms in total. The highest BCUT2D eigenvalue weighted by Crippen LogP contribution is 2.25. The molecule has 0 fully saturated rings. The van der Waals surface area contributed by atoms with E-state index in [2.05, 4.69) is 5.43 Å². The summed E-state index contributed by atoms with van der Waals surface area (Å²) in [6.45, 7) is 4.44. The molecule has 0 aliphatic heterocycles. The summed E-state index contributed by atoms with van der Waals surface area (Å²) in [6, 6.07) is 5.33. The molecule has 1 rings (SSSR count). The highest BCUT2D eigenvalue weighted by molar-refractivity contribution is 6.42. The predicted molar refractivity (Wildman–Crippen MR) is 67.6 cm³/mol. The molecule has 0 aliphatic carbocycles. The number of ether oxygens (including phenoxy) is 1. The van der Waals surface area contributed by atoms with Crippen LogP contribution in [0.1, 0.15) is 25.5 Å². The molecule has 0 aliphatic rings. The maximum atomic E-state index is 5.94. The topological polar surface area (TPSA) is 47.3 Å². The lowest BCUT2D eigenvalue weighted by molar-refractivity contribution is 0.0611. The molecule has 0 aromatic heterocycles. The van der Waals surface area contributed by atoms with E-state index in [4.69, 9.17) is 33.8 Å². The smallest absolute Gasteiger partial charge is 0.0694 e. The molecule has 3 N–H and O–H groups in total. The Hall–Kier alpha value is -0.320. The van der Waals surface area contributed by atoms with Crippen LogP contribution >= 0.6 is 23.2 Å². The van der Waals surface area contributed by atoms with Gasteiger partial charge >= 0.3 is 0 Å². The molecule has 1 aromatic carbocycles. The molecule has 1 aromatic rings. The number of nitrogens with two attached hydrogens (primary N) is 1. The molecule has 1 unspecified atom stereocenters. The molecule has 0 saturated heterocycles. The van der Waals surface area contributed by atoms with Crippen molar-refractivity contribution < 1.29 is 4.74 Å². The Morgan fingerprint density at radius 3 is 2.50 bits per heavy atom. The van der Waals surface area contributed by atoms with Gasteiger partial charge in [0.15, 0.2) is 0 Å². The van der Waals surface area contributed by atoms with E-state index in [1.165, 1.54) is 0 Å². The highest BCUT2D eigenvalue weighted by atomic mass is 35.5. The lowest BCUT2D eigenvalue weighted by Crippen LogP contribution is -2.32. The number of halogens is 2. The van der Waals surface area contributed by atoms with Crippen molar-refractivity contribution in [2.45, 2.75) is 26.0 Å². The molecular weight excluding hydrogens is 247 g/mol. The van der Waals surface area contributed by atoms with E-state index in [9.17, 15) is 0 Å². The third-order valence-corrected chi connectivity index (χ3v) is 2.88. The molecule has 0 heterocycles. The summed E-state index contributed by atoms with van der Waals surface area (Å²) < 4.78 is 5.50. The first-order chi connectivity index (χ1) is 7.54. The van der Waals surface area contributed by atoms with Crippen LogP contribution in [-0.2, 0) is 4.74 Å². The summed E-state index contributed by atoms with van der Waals surface area (Å²) in [5.74, 6) is 5.47. The lowest BCUT2D eigenvalue weighted by atomic mass is 10.1. The van der Waals surface area contributed by atoms with Gasteiger partial charge in [0.2, 0.25) is 0 Å². The Morgan fingerprint density at radius 1 is 1.31 bits per heavy atom. The van der Waals surface area contributed by atoms with Gasteiger partial charge in [-0.25, -0.2) is 0 Å². The summed E-state index contributed by atoms with van der Waals surface area (Å²) in [4.78, 5) is 0. The highest BCUT2D eigenvalue weighted by Gasteiger charge is 2.12. The van der Waals surface area contributed by atoms with E-state index >= 15 is 0 Å². The fraction of sp³-hybridized carbons (Fsp3) is 0.455. The molecule has 0 spiro atoms. The van der Waals surface area contributed by atoms with Crippen LogP contribution in [0.3, 0.4) is 0 Å². The van der Waals surface area contributed by atoms with E-state index in [0.29, 0.717) is 16.7 Å². The van der Waals surface area contributed by atoms with Crippen molar-refractivity contribution >= 4 is 23.2 Å². The number of benzene rings is 1. The molecule has 0 amide bonds. The van der Waals surface area contributed by atoms with Crippen molar-refractivity contribution in [3.63, 3.8) is 0 Å². The second-order valence-electron chi connectivity index (χ2n) is 3.77. The van der Waals surface area contributed by atoms with Gasteiger partial charge in [-0.2, -0.15) is 0 Å². The maximum absolute atomic E-state index is 5.94. The monoisotopic (exact) mass is 262 g/mol. The third-order valence-electron chi connectivity index (χ3n) is 2.14. The molecule has 0 saturated carbocycles. The van der Waals surface area contributed by atoms with Gasteiger partial charge in [0, 0.05) is 0 Å². The Labute approximate surface area is 106 Å². The Morgan fingerprint density at radius 2 is 2.00 bits per heavy atom. The minimum atomic E-state index is -0.0860. The molecule has 5 heteroatoms. The summed E-state index contributed by atoms with van der Waals surface area (Å²) >= 11 is 11.8. The lowest BCUT2D eigenvalue weighted by Gasteiger charge is -2.18. The van der Waals surface area contributed by atoms with Gasteiger partial charge in [-0.3, -0.25) is 11.3 Å². The Bertz CT molecular complexity index is 345. The quantitative estimate of drug-likeness (QED) is 0.634. The van der Waals surface area contributed by atoms with E-state index in [1.54, 1.807) is 12.1 Å². The average molecular weight is 263 g/mol. The molecule has 1 atom stereocenters. The van der Waals surface area contributed by atoms with Gasteiger partial charge in [-0.05, 0) is 31.5 Å². The largest absolute Gasteiger partial charge is 0.377 e. The SMILES string of the molecule is CC(C)OCC(NN)c1ccc(Cl)c(Cl)c1. The number of nitrogens with one attached hydrogen (secondary N) is 1. The predicted octanol–water partition coefficient (Wildman–Crippen LogP) is 2.92. The Kier molecular flexibility index (Phi) is 5.52. The van der Waals surface area contributed by atoms with Gasteiger partial charge in [0.25, 0.3) is 0 Å². The van der Waals surface area contributed by atoms with Crippen LogP contribution in [0.5, 0.6) is 0 Å². The molecule has 16 heavy (non-hydrogen) atoms. The van der Waals surface area contributed by atoms with Crippen molar-refractivity contribution in [1.29, 1.82) is 0 Å². The second-order valence-corrected chi connectivity index (χ2v) is 4.59. The van der Waals surface area contributed by atoms with Crippen LogP contribution in [0.25, 0.3) is 0 Å². The van der Waals surface area contributed by atoms with Crippen molar-refractivity contribution in [2.75, 3.05) is 6.61 Å². The van der Waals surface area contributed by atoms with E-state index in [-0.39, 0.29) is 12.1 Å². The number of hydrogen-bond acceptors (Lipinski definition) is 3. The standard InChI is InChI=1S/C11H16Cl2N2O/c1-7(2)16-6-11(15-14)8-3-4-9(12)10(13)5-8/h3-5,7,11,15H,6,14H2,1-2H3. The summed E-state index contributed by atoms with van der Waals surface area (Å²) in [7, 11) is 0. The third kappa shape index (κ3) is 3.92. The Balaban J connectivity index is 2.74. The van der Waals surface area contributed by atoms with Gasteiger partial charge in [0.1, 0.15) is 0 Å². The molecule has 0 bridgehead atoms. The van der Waals surface area contributed by atoms with E-state index < -0.39 is 0 Å². The fourth-order valence-corrected chi connectivity index (χ4v) is 1.56. The van der Waals surface area contributed by atoms with Crippen molar-refractivity contribution in [3.8, 4) is 0 Å². The zero-order chi connectivity index (χ0) is 12.1. The first kappa shape index (κ1) is 13.7. The van der Waals surface area contributed by atoms with Crippen molar-refractivity contribution in [3.05, 3.63) is 33.8 Å². The summed E-state index contributed by atoms with van der Waals surface area (Å²) in [6.07, 6.45) is 0.165.